The second kappa shape index (κ2) is 3.45. The average Bonchev–Trinajstić information content (AvgIpc) is 2.94. The summed E-state index contributed by atoms with van der Waals surface area (Å²) in [7, 11) is 0. The molecule has 20 heavy (non-hydrogen) atoms. The Bertz CT molecular complexity index is 899. The fourth-order valence-corrected chi connectivity index (χ4v) is 2.53. The predicted octanol–water partition coefficient (Wildman–Crippen LogP) is 0.324. The van der Waals surface area contributed by atoms with Crippen molar-refractivity contribution in [1.29, 1.82) is 0 Å². The van der Waals surface area contributed by atoms with Gasteiger partial charge in [-0.25, -0.2) is 5.10 Å². The van der Waals surface area contributed by atoms with Gasteiger partial charge in [0.15, 0.2) is 11.5 Å². The Morgan fingerprint density at radius 2 is 1.80 bits per heavy atom. The van der Waals surface area contributed by atoms with Crippen LogP contribution in [0.15, 0.2) is 34.5 Å². The van der Waals surface area contributed by atoms with Crippen molar-refractivity contribution in [3.8, 4) is 0 Å². The van der Waals surface area contributed by atoms with E-state index in [9.17, 15) is 10.2 Å². The summed E-state index contributed by atoms with van der Waals surface area (Å²) in [6.07, 6.45) is 0. The minimum Gasteiger partial charge on any atom is -0.507 e. The lowest BCUT2D eigenvalue weighted by molar-refractivity contribution is 0.365. The molecule has 8 nitrogen and oxygen atoms in total. The third kappa shape index (κ3) is 1.15. The molecule has 1 aromatic carbocycles. The molecule has 0 saturated carbocycles. The molecule has 4 rings (SSSR count). The van der Waals surface area contributed by atoms with Crippen LogP contribution < -0.4 is 15.9 Å². The molecular weight excluding hydrogens is 280 g/mol. The van der Waals surface area contributed by atoms with Gasteiger partial charge in [-0.3, -0.25) is 5.43 Å². The van der Waals surface area contributed by atoms with Crippen LogP contribution in [0.3, 0.4) is 0 Å². The van der Waals surface area contributed by atoms with Crippen LogP contribution >= 0.6 is 12.2 Å². The quantitative estimate of drug-likeness (QED) is 0.522. The molecule has 1 aliphatic heterocycles. The van der Waals surface area contributed by atoms with Crippen molar-refractivity contribution < 1.29 is 10.2 Å². The van der Waals surface area contributed by atoms with Crippen LogP contribution in [-0.2, 0) is 0 Å². The third-order valence-corrected chi connectivity index (χ3v) is 3.61. The minimum atomic E-state index is -1.56. The van der Waals surface area contributed by atoms with Crippen molar-refractivity contribution in [3.63, 3.8) is 0 Å². The number of fused-ring (bicyclic) bond motifs is 2. The summed E-state index contributed by atoms with van der Waals surface area (Å²) in [6, 6.07) is 6.90. The Hall–Kier alpha value is -2.68. The molecule has 9 heteroatoms. The van der Waals surface area contributed by atoms with Crippen molar-refractivity contribution in [2.75, 3.05) is 5.43 Å². The Morgan fingerprint density at radius 3 is 2.45 bits per heavy atom. The number of benzene rings is 1. The first kappa shape index (κ1) is 11.2. The van der Waals surface area contributed by atoms with Crippen LogP contribution in [0, 0.1) is 4.77 Å². The Morgan fingerprint density at radius 1 is 1.15 bits per heavy atom. The normalized spacial score (nSPS) is 18.0. The van der Waals surface area contributed by atoms with Crippen molar-refractivity contribution in [2.45, 2.75) is 5.66 Å². The number of aliphatic hydroxyl groups is 2. The molecule has 2 heterocycles. The standard InChI is InChI=1S/C11H8N6O2S/c18-7-5-3-1-2-4-6(5)8(19)11(7)15-13-9-12-14-10(20)17(9)16-11/h1-4,16,18-19H,(H,14,20). The second-order valence-electron chi connectivity index (χ2n) is 4.43. The van der Waals surface area contributed by atoms with Gasteiger partial charge in [0.1, 0.15) is 0 Å². The summed E-state index contributed by atoms with van der Waals surface area (Å²) in [4.78, 5) is 0. The van der Waals surface area contributed by atoms with E-state index in [0.29, 0.717) is 10.4 Å². The summed E-state index contributed by atoms with van der Waals surface area (Å²) in [6.45, 7) is 0. The first-order chi connectivity index (χ1) is 9.63. The van der Waals surface area contributed by atoms with E-state index in [2.05, 4.69) is 25.9 Å². The molecule has 1 aromatic heterocycles. The van der Waals surface area contributed by atoms with Gasteiger partial charge in [-0.05, 0) is 12.2 Å². The largest absolute Gasteiger partial charge is 0.507 e. The lowest BCUT2D eigenvalue weighted by Gasteiger charge is -2.29. The molecule has 100 valence electrons. The fourth-order valence-electron chi connectivity index (χ4n) is 2.36. The maximum absolute atomic E-state index is 10.4. The molecule has 0 atom stereocenters. The summed E-state index contributed by atoms with van der Waals surface area (Å²) in [5.41, 5.74) is 1.29. The van der Waals surface area contributed by atoms with E-state index in [1.165, 1.54) is 4.68 Å². The van der Waals surface area contributed by atoms with Gasteiger partial charge in [-0.1, -0.05) is 24.3 Å². The summed E-state index contributed by atoms with van der Waals surface area (Å²) >= 11 is 5.05. The van der Waals surface area contributed by atoms with E-state index in [4.69, 9.17) is 12.2 Å². The number of azo groups is 1. The zero-order chi connectivity index (χ0) is 13.9. The number of aromatic amines is 1. The number of hydrogen-bond donors (Lipinski definition) is 4. The molecule has 1 spiro atoms. The van der Waals surface area contributed by atoms with Gasteiger partial charge >= 0.3 is 0 Å². The fraction of sp³-hybridized carbons (Fsp3) is 0.0909. The third-order valence-electron chi connectivity index (χ3n) is 3.34. The highest BCUT2D eigenvalue weighted by atomic mass is 32.1. The topological polar surface area (TPSA) is 111 Å². The van der Waals surface area contributed by atoms with Crippen molar-refractivity contribution in [2.24, 2.45) is 10.2 Å². The second-order valence-corrected chi connectivity index (χ2v) is 4.82. The Balaban J connectivity index is 2.04. The van der Waals surface area contributed by atoms with Gasteiger partial charge in [-0.15, -0.1) is 15.3 Å². The molecule has 2 aliphatic rings. The van der Waals surface area contributed by atoms with E-state index in [-0.39, 0.29) is 22.2 Å². The minimum absolute atomic E-state index is 0.136. The van der Waals surface area contributed by atoms with Crippen LogP contribution in [0.1, 0.15) is 0 Å². The van der Waals surface area contributed by atoms with Crippen LogP contribution in [0.25, 0.3) is 11.5 Å². The van der Waals surface area contributed by atoms with E-state index in [1.807, 2.05) is 0 Å². The number of aromatic nitrogens is 3. The first-order valence-corrected chi connectivity index (χ1v) is 6.15. The molecular formula is C11H8N6O2S. The summed E-state index contributed by atoms with van der Waals surface area (Å²) in [5, 5.41) is 36.1. The number of H-pyrrole nitrogens is 1. The van der Waals surface area contributed by atoms with E-state index in [0.717, 1.165) is 0 Å². The lowest BCUT2D eigenvalue weighted by Crippen LogP contribution is -2.44. The molecule has 0 amide bonds. The number of hydrogen-bond acceptors (Lipinski definition) is 7. The molecule has 0 radical (unpaired) electrons. The van der Waals surface area contributed by atoms with Gasteiger partial charge in [-0.2, -0.15) is 4.68 Å². The molecule has 0 fully saturated rings. The molecule has 2 aromatic rings. The average molecular weight is 288 g/mol. The van der Waals surface area contributed by atoms with E-state index in [1.54, 1.807) is 24.3 Å². The maximum Gasteiger partial charge on any atom is 0.287 e. The monoisotopic (exact) mass is 288 g/mol. The van der Waals surface area contributed by atoms with Gasteiger partial charge in [0.25, 0.3) is 11.6 Å². The molecule has 1 aliphatic carbocycles. The van der Waals surface area contributed by atoms with E-state index < -0.39 is 5.66 Å². The highest BCUT2D eigenvalue weighted by molar-refractivity contribution is 7.71. The highest BCUT2D eigenvalue weighted by Crippen LogP contribution is 2.33. The molecule has 0 saturated heterocycles. The van der Waals surface area contributed by atoms with Crippen LogP contribution in [0.5, 0.6) is 0 Å². The van der Waals surface area contributed by atoms with Crippen molar-refractivity contribution in [3.05, 3.63) is 39.5 Å². The van der Waals surface area contributed by atoms with Gasteiger partial charge in [0.05, 0.1) is 0 Å². The van der Waals surface area contributed by atoms with E-state index >= 15 is 0 Å². The first-order valence-electron chi connectivity index (χ1n) is 5.74. The zero-order valence-electron chi connectivity index (χ0n) is 9.90. The van der Waals surface area contributed by atoms with Crippen LogP contribution in [0.4, 0.5) is 5.95 Å². The SMILES string of the molecule is OC1=c2ccccc2=C(O)C12N=Nc1n[nH]c(=S)n1N2. The number of rotatable bonds is 0. The smallest absolute Gasteiger partial charge is 0.287 e. The van der Waals surface area contributed by atoms with Crippen molar-refractivity contribution in [1.82, 2.24) is 14.9 Å². The summed E-state index contributed by atoms with van der Waals surface area (Å²) < 4.78 is 1.61. The molecule has 4 N–H and O–H groups in total. The van der Waals surface area contributed by atoms with Crippen LogP contribution in [-0.4, -0.2) is 30.7 Å². The van der Waals surface area contributed by atoms with Gasteiger partial charge < -0.3 is 10.2 Å². The maximum atomic E-state index is 10.4. The Labute approximate surface area is 116 Å². The zero-order valence-corrected chi connectivity index (χ0v) is 10.7. The van der Waals surface area contributed by atoms with Crippen LogP contribution in [0.2, 0.25) is 0 Å². The Kier molecular flexibility index (Phi) is 1.93. The predicted molar refractivity (Wildman–Crippen MR) is 71.8 cm³/mol. The summed E-state index contributed by atoms with van der Waals surface area (Å²) in [5.74, 6) is -0.0524. The van der Waals surface area contributed by atoms with Gasteiger partial charge in [0.2, 0.25) is 4.77 Å². The highest BCUT2D eigenvalue weighted by Gasteiger charge is 2.47. The number of nitrogens with zero attached hydrogens (tertiary/aromatic N) is 4. The van der Waals surface area contributed by atoms with Crippen molar-refractivity contribution >= 4 is 29.7 Å². The van der Waals surface area contributed by atoms with Gasteiger partial charge in [0, 0.05) is 10.4 Å². The number of nitrogens with one attached hydrogen (secondary N) is 2. The lowest BCUT2D eigenvalue weighted by atomic mass is 10.1. The number of aliphatic hydroxyl groups excluding tert-OH is 2. The molecule has 0 bridgehead atoms. The molecule has 0 unspecified atom stereocenters.